The fourth-order valence-electron chi connectivity index (χ4n) is 0. The average molecular weight is 104 g/mol. The SMILES string of the molecule is [Cr+3].[H+].[OH-].[OH-].[OH-]. The maximum atomic E-state index is 0. The van der Waals surface area contributed by atoms with Gasteiger partial charge in [-0.15, -0.1) is 0 Å². The van der Waals surface area contributed by atoms with Gasteiger partial charge in [0.25, 0.3) is 0 Å². The van der Waals surface area contributed by atoms with Gasteiger partial charge < -0.3 is 16.4 Å². The Labute approximate surface area is 36.2 Å². The smallest absolute Gasteiger partial charge is 0.870 e. The van der Waals surface area contributed by atoms with Crippen molar-refractivity contribution in [2.24, 2.45) is 0 Å². The topological polar surface area (TPSA) is 90.0 Å². The van der Waals surface area contributed by atoms with Gasteiger partial charge in [-0.3, -0.25) is 0 Å². The first-order valence-electron chi connectivity index (χ1n) is 0. The van der Waals surface area contributed by atoms with Crippen LogP contribution >= 0.6 is 0 Å². The zero-order chi connectivity index (χ0) is 0. The van der Waals surface area contributed by atoms with Gasteiger partial charge in [-0.2, -0.15) is 0 Å². The Morgan fingerprint density at radius 2 is 0.750 bits per heavy atom. The minimum atomic E-state index is 0. The van der Waals surface area contributed by atoms with Gasteiger partial charge in [0.1, 0.15) is 0 Å². The molecule has 4 heavy (non-hydrogen) atoms. The minimum Gasteiger partial charge on any atom is -0.870 e. The van der Waals surface area contributed by atoms with Crippen molar-refractivity contribution in [2.75, 3.05) is 0 Å². The second-order valence-corrected chi connectivity index (χ2v) is 0. The van der Waals surface area contributed by atoms with E-state index in [0.29, 0.717) is 0 Å². The molecule has 1 radical (unpaired) electrons. The molecule has 0 spiro atoms. The Balaban J connectivity index is 0. The van der Waals surface area contributed by atoms with Crippen molar-refractivity contribution < 1.29 is 35.2 Å². The van der Waals surface area contributed by atoms with Crippen LogP contribution in [0.15, 0.2) is 0 Å². The van der Waals surface area contributed by atoms with Crippen LogP contribution in [0, 0.1) is 0 Å². The van der Waals surface area contributed by atoms with Crippen LogP contribution in [0.25, 0.3) is 0 Å². The van der Waals surface area contributed by atoms with E-state index in [4.69, 9.17) is 0 Å². The molecule has 0 unspecified atom stereocenters. The van der Waals surface area contributed by atoms with Crippen molar-refractivity contribution in [3.05, 3.63) is 0 Å². The fraction of sp³-hybridized carbons (Fsp3) is 0. The molecule has 0 atom stereocenters. The molecule has 3 N–H and O–H groups in total. The predicted molar refractivity (Wildman–Crippen MR) is 6.92 cm³/mol. The third-order valence-electron chi connectivity index (χ3n) is 0. The van der Waals surface area contributed by atoms with Crippen LogP contribution in [-0.4, -0.2) is 16.4 Å². The van der Waals surface area contributed by atoms with Crippen molar-refractivity contribution in [1.29, 1.82) is 0 Å². The van der Waals surface area contributed by atoms with Crippen molar-refractivity contribution in [1.82, 2.24) is 0 Å². The van der Waals surface area contributed by atoms with Gasteiger partial charge >= 0.3 is 18.8 Å². The quantitative estimate of drug-likeness (QED) is 0.417. The molecule has 0 amide bonds. The van der Waals surface area contributed by atoms with Crippen LogP contribution in [0.1, 0.15) is 1.43 Å². The summed E-state index contributed by atoms with van der Waals surface area (Å²) in [6.07, 6.45) is 0. The van der Waals surface area contributed by atoms with Gasteiger partial charge in [-0.25, -0.2) is 0 Å². The Morgan fingerprint density at radius 1 is 0.750 bits per heavy atom. The Bertz CT molecular complexity index is 6.85. The fourth-order valence-corrected chi connectivity index (χ4v) is 0. The predicted octanol–water partition coefficient (Wildman–Crippen LogP) is -0.420. The molecule has 3 nitrogen and oxygen atoms in total. The van der Waals surface area contributed by atoms with Gasteiger partial charge in [0.15, 0.2) is 0 Å². The maximum Gasteiger partial charge on any atom is 3.00 e. The maximum absolute atomic E-state index is 0. The molecule has 4 heteroatoms. The number of rotatable bonds is 0. The first-order valence-corrected chi connectivity index (χ1v) is 0. The molecule has 27 valence electrons. The first kappa shape index (κ1) is 302. The van der Waals surface area contributed by atoms with Crippen LogP contribution < -0.4 is 0 Å². The van der Waals surface area contributed by atoms with Crippen LogP contribution in [0.4, 0.5) is 0 Å². The third kappa shape index (κ3) is 28.3. The molecule has 0 aromatic carbocycles. The monoisotopic (exact) mass is 104 g/mol. The van der Waals surface area contributed by atoms with Crippen LogP contribution in [0.2, 0.25) is 0 Å². The van der Waals surface area contributed by atoms with Gasteiger partial charge in [0.2, 0.25) is 0 Å². The normalized spacial score (nSPS) is 0. The summed E-state index contributed by atoms with van der Waals surface area (Å²) in [7, 11) is 0. The molecule has 0 aliphatic rings. The van der Waals surface area contributed by atoms with E-state index in [1.54, 1.807) is 0 Å². The van der Waals surface area contributed by atoms with Gasteiger partial charge in [0.05, 0.1) is 0 Å². The zero-order valence-electron chi connectivity index (χ0n) is 2.75. The molecule has 0 aliphatic carbocycles. The molecule has 0 aliphatic heterocycles. The van der Waals surface area contributed by atoms with Gasteiger partial charge in [-0.1, -0.05) is 0 Å². The number of hydrogen-bond donors (Lipinski definition) is 0. The molecule has 0 saturated carbocycles. The molecular formula is H4CrO3+. The van der Waals surface area contributed by atoms with E-state index < -0.39 is 0 Å². The van der Waals surface area contributed by atoms with E-state index in [0.717, 1.165) is 0 Å². The molecule has 0 saturated heterocycles. The number of hydrogen-bond acceptors (Lipinski definition) is 3. The Kier molecular flexibility index (Phi) is 8810. The summed E-state index contributed by atoms with van der Waals surface area (Å²) in [4.78, 5) is 0. The summed E-state index contributed by atoms with van der Waals surface area (Å²) in [5, 5.41) is 0. The zero-order valence-corrected chi connectivity index (χ0v) is 3.02. The average Bonchev–Trinajstić information content (AvgIpc) is 0. The standard InChI is InChI=1S/Cr.3H2O/h;3*1H2/q+3;;;/p-2. The summed E-state index contributed by atoms with van der Waals surface area (Å²) in [5.41, 5.74) is 0. The second-order valence-electron chi connectivity index (χ2n) is 0. The van der Waals surface area contributed by atoms with E-state index >= 15 is 0 Å². The summed E-state index contributed by atoms with van der Waals surface area (Å²) >= 11 is 0. The summed E-state index contributed by atoms with van der Waals surface area (Å²) in [5.74, 6) is 0. The van der Waals surface area contributed by atoms with Gasteiger partial charge in [0, 0.05) is 0 Å². The van der Waals surface area contributed by atoms with Crippen LogP contribution in [0.5, 0.6) is 0 Å². The van der Waals surface area contributed by atoms with Crippen molar-refractivity contribution in [2.45, 2.75) is 0 Å². The van der Waals surface area contributed by atoms with Crippen molar-refractivity contribution in [3.63, 3.8) is 0 Å². The van der Waals surface area contributed by atoms with Crippen molar-refractivity contribution in [3.8, 4) is 0 Å². The van der Waals surface area contributed by atoms with E-state index in [2.05, 4.69) is 0 Å². The molecular weight excluding hydrogens is 100.0 g/mol. The summed E-state index contributed by atoms with van der Waals surface area (Å²) < 4.78 is 0. The molecule has 0 bridgehead atoms. The van der Waals surface area contributed by atoms with Crippen LogP contribution in [0.3, 0.4) is 0 Å². The van der Waals surface area contributed by atoms with E-state index in [-0.39, 0.29) is 35.2 Å². The van der Waals surface area contributed by atoms with Gasteiger partial charge in [-0.05, 0) is 0 Å². The molecule has 0 aromatic rings. The molecule has 0 aromatic heterocycles. The second kappa shape index (κ2) is 117. The van der Waals surface area contributed by atoms with E-state index in [1.807, 2.05) is 0 Å². The van der Waals surface area contributed by atoms with Crippen molar-refractivity contribution >= 4 is 0 Å². The van der Waals surface area contributed by atoms with E-state index in [9.17, 15) is 0 Å². The largest absolute Gasteiger partial charge is 3.00 e. The van der Waals surface area contributed by atoms with Crippen LogP contribution in [-0.2, 0) is 17.4 Å². The molecule has 0 fully saturated rings. The minimum absolute atomic E-state index is 0. The Morgan fingerprint density at radius 3 is 0.750 bits per heavy atom. The molecule has 0 rings (SSSR count). The molecule has 0 heterocycles. The summed E-state index contributed by atoms with van der Waals surface area (Å²) in [6.45, 7) is 0. The van der Waals surface area contributed by atoms with E-state index in [1.165, 1.54) is 0 Å². The summed E-state index contributed by atoms with van der Waals surface area (Å²) in [6, 6.07) is 0. The third-order valence-corrected chi connectivity index (χ3v) is 0. The first-order chi connectivity index (χ1) is 0. The Hall–Kier alpha value is 0.412.